The van der Waals surface area contributed by atoms with Gasteiger partial charge in [0.05, 0.1) is 12.6 Å². The van der Waals surface area contributed by atoms with E-state index in [1.165, 1.54) is 12.8 Å². The molecule has 1 saturated carbocycles. The Bertz CT molecular complexity index is 350. The second kappa shape index (κ2) is 5.65. The fraction of sp³-hybridized carbons (Fsp3) is 0.769. The van der Waals surface area contributed by atoms with Crippen LogP contribution in [0.15, 0.2) is 12.4 Å². The summed E-state index contributed by atoms with van der Waals surface area (Å²) in [6.07, 6.45) is 8.23. The fourth-order valence-electron chi connectivity index (χ4n) is 2.61. The molecule has 0 aromatic carbocycles. The van der Waals surface area contributed by atoms with Crippen molar-refractivity contribution in [2.45, 2.75) is 38.3 Å². The van der Waals surface area contributed by atoms with E-state index in [2.05, 4.69) is 21.5 Å². The highest BCUT2D eigenvalue weighted by atomic mass is 16.3. The van der Waals surface area contributed by atoms with Crippen LogP contribution in [0.1, 0.15) is 31.5 Å². The van der Waals surface area contributed by atoms with Crippen molar-refractivity contribution in [3.63, 3.8) is 0 Å². The van der Waals surface area contributed by atoms with Crippen LogP contribution in [0.4, 0.5) is 0 Å². The third-order valence-corrected chi connectivity index (χ3v) is 3.83. The van der Waals surface area contributed by atoms with Gasteiger partial charge in [0.15, 0.2) is 0 Å². The minimum absolute atomic E-state index is 0.0587. The van der Waals surface area contributed by atoms with Crippen molar-refractivity contribution >= 4 is 0 Å². The number of hydrogen-bond acceptors (Lipinski definition) is 3. The molecule has 0 aliphatic heterocycles. The summed E-state index contributed by atoms with van der Waals surface area (Å²) < 4.78 is 2.06. The average Bonchev–Trinajstić information content (AvgIpc) is 2.86. The molecule has 1 aliphatic carbocycles. The summed E-state index contributed by atoms with van der Waals surface area (Å²) in [6.45, 7) is 1.92. The number of aliphatic hydroxyl groups excluding tert-OH is 1. The summed E-state index contributed by atoms with van der Waals surface area (Å²) in [7, 11) is 4.15. The van der Waals surface area contributed by atoms with E-state index in [1.807, 2.05) is 19.4 Å². The minimum Gasteiger partial charge on any atom is -0.393 e. The summed E-state index contributed by atoms with van der Waals surface area (Å²) >= 11 is 0. The largest absolute Gasteiger partial charge is 0.393 e. The number of aryl methyl sites for hydroxylation is 1. The molecule has 4 heteroatoms. The van der Waals surface area contributed by atoms with Crippen molar-refractivity contribution < 1.29 is 5.11 Å². The number of nitrogens with zero attached hydrogens (tertiary/aromatic N) is 3. The molecule has 0 amide bonds. The Morgan fingerprint density at radius 2 is 2.35 bits per heavy atom. The van der Waals surface area contributed by atoms with Gasteiger partial charge in [-0.05, 0) is 38.8 Å². The van der Waals surface area contributed by atoms with E-state index in [9.17, 15) is 5.11 Å². The molecule has 4 nitrogen and oxygen atoms in total. The Labute approximate surface area is 103 Å². The van der Waals surface area contributed by atoms with Gasteiger partial charge in [-0.2, -0.15) is 0 Å². The summed E-state index contributed by atoms with van der Waals surface area (Å²) in [5.41, 5.74) is 0. The van der Waals surface area contributed by atoms with Crippen LogP contribution in [0.2, 0.25) is 0 Å². The number of rotatable bonds is 5. The van der Waals surface area contributed by atoms with Gasteiger partial charge in [0.2, 0.25) is 0 Å². The van der Waals surface area contributed by atoms with Gasteiger partial charge in [-0.1, -0.05) is 6.42 Å². The third-order valence-electron chi connectivity index (χ3n) is 3.83. The van der Waals surface area contributed by atoms with Gasteiger partial charge in [0.25, 0.3) is 0 Å². The summed E-state index contributed by atoms with van der Waals surface area (Å²) in [5.74, 6) is 1.61. The SMILES string of the molecule is CN(CCC1CCCC1O)Cc1nccn1C. The van der Waals surface area contributed by atoms with Gasteiger partial charge in [0.1, 0.15) is 5.82 Å². The highest BCUT2D eigenvalue weighted by Gasteiger charge is 2.24. The van der Waals surface area contributed by atoms with Gasteiger partial charge in [-0.25, -0.2) is 4.98 Å². The zero-order chi connectivity index (χ0) is 12.3. The summed E-state index contributed by atoms with van der Waals surface area (Å²) in [4.78, 5) is 6.61. The van der Waals surface area contributed by atoms with Crippen LogP contribution in [0, 0.1) is 5.92 Å². The lowest BCUT2D eigenvalue weighted by molar-refractivity contribution is 0.120. The van der Waals surface area contributed by atoms with Crippen molar-refractivity contribution in [2.24, 2.45) is 13.0 Å². The second-order valence-electron chi connectivity index (χ2n) is 5.24. The lowest BCUT2D eigenvalue weighted by Gasteiger charge is -2.20. The van der Waals surface area contributed by atoms with Crippen LogP contribution < -0.4 is 0 Å². The van der Waals surface area contributed by atoms with E-state index in [-0.39, 0.29) is 6.10 Å². The lowest BCUT2D eigenvalue weighted by Crippen LogP contribution is -2.25. The number of hydrogen-bond donors (Lipinski definition) is 1. The number of imidazole rings is 1. The smallest absolute Gasteiger partial charge is 0.122 e. The molecule has 2 rings (SSSR count). The maximum absolute atomic E-state index is 9.77. The molecule has 0 radical (unpaired) electrons. The molecule has 2 unspecified atom stereocenters. The van der Waals surface area contributed by atoms with Crippen molar-refractivity contribution in [1.29, 1.82) is 0 Å². The number of aromatic nitrogens is 2. The first kappa shape index (κ1) is 12.6. The lowest BCUT2D eigenvalue weighted by atomic mass is 10.0. The van der Waals surface area contributed by atoms with E-state index in [1.54, 1.807) is 0 Å². The maximum atomic E-state index is 9.77. The highest BCUT2D eigenvalue weighted by molar-refractivity contribution is 4.90. The molecule has 1 N–H and O–H groups in total. The summed E-state index contributed by atoms with van der Waals surface area (Å²) in [6, 6.07) is 0. The normalized spacial score (nSPS) is 24.7. The first-order valence-corrected chi connectivity index (χ1v) is 6.49. The second-order valence-corrected chi connectivity index (χ2v) is 5.24. The first-order chi connectivity index (χ1) is 8.16. The van der Waals surface area contributed by atoms with Gasteiger partial charge in [-0.3, -0.25) is 4.90 Å². The van der Waals surface area contributed by atoms with Crippen LogP contribution in [0.25, 0.3) is 0 Å². The standard InChI is InChI=1S/C13H23N3O/c1-15(10-13-14-7-9-16(13)2)8-6-11-4-3-5-12(11)17/h7,9,11-12,17H,3-6,8,10H2,1-2H3. The molecule has 1 aromatic heterocycles. The zero-order valence-electron chi connectivity index (χ0n) is 10.8. The van der Waals surface area contributed by atoms with E-state index in [0.29, 0.717) is 5.92 Å². The van der Waals surface area contributed by atoms with Gasteiger partial charge < -0.3 is 9.67 Å². The molecule has 17 heavy (non-hydrogen) atoms. The van der Waals surface area contributed by atoms with E-state index in [0.717, 1.165) is 31.8 Å². The zero-order valence-corrected chi connectivity index (χ0v) is 10.8. The Balaban J connectivity index is 1.74. The molecule has 0 spiro atoms. The van der Waals surface area contributed by atoms with Crippen molar-refractivity contribution in [1.82, 2.24) is 14.5 Å². The predicted molar refractivity (Wildman–Crippen MR) is 67.5 cm³/mol. The van der Waals surface area contributed by atoms with Crippen LogP contribution in [0.3, 0.4) is 0 Å². The first-order valence-electron chi connectivity index (χ1n) is 6.49. The Morgan fingerprint density at radius 1 is 1.53 bits per heavy atom. The minimum atomic E-state index is -0.0587. The molecule has 1 aromatic rings. The fourth-order valence-corrected chi connectivity index (χ4v) is 2.61. The molecule has 0 saturated heterocycles. The maximum Gasteiger partial charge on any atom is 0.122 e. The van der Waals surface area contributed by atoms with Crippen LogP contribution >= 0.6 is 0 Å². The molecule has 1 heterocycles. The monoisotopic (exact) mass is 237 g/mol. The third kappa shape index (κ3) is 3.30. The molecule has 1 aliphatic rings. The van der Waals surface area contributed by atoms with Gasteiger partial charge in [-0.15, -0.1) is 0 Å². The van der Waals surface area contributed by atoms with E-state index >= 15 is 0 Å². The van der Waals surface area contributed by atoms with Crippen molar-refractivity contribution in [3.05, 3.63) is 18.2 Å². The topological polar surface area (TPSA) is 41.3 Å². The Kier molecular flexibility index (Phi) is 4.18. The van der Waals surface area contributed by atoms with Crippen molar-refractivity contribution in [3.8, 4) is 0 Å². The molecule has 2 atom stereocenters. The number of aliphatic hydroxyl groups is 1. The predicted octanol–water partition coefficient (Wildman–Crippen LogP) is 1.40. The Morgan fingerprint density at radius 3 is 2.94 bits per heavy atom. The van der Waals surface area contributed by atoms with Crippen LogP contribution in [0.5, 0.6) is 0 Å². The quantitative estimate of drug-likeness (QED) is 0.841. The molecule has 96 valence electrons. The average molecular weight is 237 g/mol. The highest BCUT2D eigenvalue weighted by Crippen LogP contribution is 2.28. The molecule has 0 bridgehead atoms. The molecule has 1 fully saturated rings. The van der Waals surface area contributed by atoms with Crippen LogP contribution in [-0.2, 0) is 13.6 Å². The molecular weight excluding hydrogens is 214 g/mol. The van der Waals surface area contributed by atoms with E-state index in [4.69, 9.17) is 0 Å². The van der Waals surface area contributed by atoms with Crippen LogP contribution in [-0.4, -0.2) is 39.3 Å². The van der Waals surface area contributed by atoms with Gasteiger partial charge in [0, 0.05) is 19.4 Å². The molecular formula is C13H23N3O. The Hall–Kier alpha value is -0.870. The summed E-state index contributed by atoms with van der Waals surface area (Å²) in [5, 5.41) is 9.77. The van der Waals surface area contributed by atoms with Crippen molar-refractivity contribution in [2.75, 3.05) is 13.6 Å². The van der Waals surface area contributed by atoms with Gasteiger partial charge >= 0.3 is 0 Å². The van der Waals surface area contributed by atoms with E-state index < -0.39 is 0 Å².